The van der Waals surface area contributed by atoms with Crippen LogP contribution in [0.2, 0.25) is 0 Å². The average molecular weight is 192 g/mol. The van der Waals surface area contributed by atoms with Crippen LogP contribution in [0.4, 0.5) is 0 Å². The molecule has 0 aliphatic heterocycles. The summed E-state index contributed by atoms with van der Waals surface area (Å²) in [7, 11) is 0. The predicted molar refractivity (Wildman–Crippen MR) is 53.5 cm³/mol. The fourth-order valence-electron chi connectivity index (χ4n) is 3.61. The Hall–Kier alpha value is -0.600. The molecule has 0 aromatic heterocycles. The average Bonchev–Trinajstić information content (AvgIpc) is 2.73. The van der Waals surface area contributed by atoms with Crippen LogP contribution in [0.3, 0.4) is 0 Å². The zero-order valence-corrected chi connectivity index (χ0v) is 8.30. The molecule has 3 aliphatic rings. The van der Waals surface area contributed by atoms with E-state index in [4.69, 9.17) is 0 Å². The summed E-state index contributed by atoms with van der Waals surface area (Å²) >= 11 is 0. The van der Waals surface area contributed by atoms with Gasteiger partial charge in [-0.1, -0.05) is 18.2 Å². The Balaban J connectivity index is 2.01. The van der Waals surface area contributed by atoms with Crippen molar-refractivity contribution in [2.45, 2.75) is 25.6 Å². The van der Waals surface area contributed by atoms with E-state index in [1.54, 1.807) is 0 Å². The Labute approximate surface area is 83.9 Å². The lowest BCUT2D eigenvalue weighted by atomic mass is 9.71. The molecule has 2 heteroatoms. The molecule has 2 nitrogen and oxygen atoms in total. The van der Waals surface area contributed by atoms with Crippen LogP contribution in [0.5, 0.6) is 0 Å². The number of hydrogen-bond acceptors (Lipinski definition) is 2. The van der Waals surface area contributed by atoms with Crippen LogP contribution >= 0.6 is 0 Å². The number of hydrogen-bond donors (Lipinski definition) is 2. The van der Waals surface area contributed by atoms with Crippen LogP contribution in [-0.4, -0.2) is 22.4 Å². The molecule has 1 saturated carbocycles. The molecule has 0 aromatic rings. The van der Waals surface area contributed by atoms with Gasteiger partial charge in [-0.2, -0.15) is 0 Å². The summed E-state index contributed by atoms with van der Waals surface area (Å²) in [4.78, 5) is 0. The number of aliphatic hydroxyl groups excluding tert-OH is 2. The molecule has 0 amide bonds. The minimum Gasteiger partial charge on any atom is -0.389 e. The number of fused-ring (bicyclic) bond motifs is 5. The van der Waals surface area contributed by atoms with Crippen molar-refractivity contribution >= 4 is 0 Å². The third kappa shape index (κ3) is 0.931. The molecule has 6 atom stereocenters. The van der Waals surface area contributed by atoms with Crippen molar-refractivity contribution in [2.75, 3.05) is 0 Å². The largest absolute Gasteiger partial charge is 0.389 e. The third-order valence-corrected chi connectivity index (χ3v) is 4.24. The zero-order chi connectivity index (χ0) is 9.87. The Morgan fingerprint density at radius 3 is 2.50 bits per heavy atom. The zero-order valence-electron chi connectivity index (χ0n) is 8.30. The highest BCUT2D eigenvalue weighted by Gasteiger charge is 2.52. The van der Waals surface area contributed by atoms with Gasteiger partial charge in [-0.25, -0.2) is 0 Å². The van der Waals surface area contributed by atoms with E-state index in [9.17, 15) is 10.2 Å². The van der Waals surface area contributed by atoms with Crippen molar-refractivity contribution < 1.29 is 10.2 Å². The fourth-order valence-corrected chi connectivity index (χ4v) is 3.61. The minimum atomic E-state index is -0.344. The highest BCUT2D eigenvalue weighted by molar-refractivity contribution is 5.26. The molecule has 1 fully saturated rings. The van der Waals surface area contributed by atoms with E-state index in [1.807, 2.05) is 13.0 Å². The van der Waals surface area contributed by atoms with E-state index in [-0.39, 0.29) is 24.0 Å². The molecular formula is C12H16O2. The van der Waals surface area contributed by atoms with Crippen LogP contribution in [0.15, 0.2) is 23.8 Å². The van der Waals surface area contributed by atoms with Crippen molar-refractivity contribution in [3.63, 3.8) is 0 Å². The molecule has 0 radical (unpaired) electrons. The van der Waals surface area contributed by atoms with Crippen LogP contribution in [-0.2, 0) is 0 Å². The second-order valence-corrected chi connectivity index (χ2v) is 4.95. The maximum absolute atomic E-state index is 10.1. The summed E-state index contributed by atoms with van der Waals surface area (Å²) in [6.45, 7) is 1.92. The first-order chi connectivity index (χ1) is 6.68. The molecule has 0 aromatic carbocycles. The molecule has 3 aliphatic carbocycles. The van der Waals surface area contributed by atoms with Crippen LogP contribution in [0.1, 0.15) is 13.3 Å². The van der Waals surface area contributed by atoms with Gasteiger partial charge in [-0.3, -0.25) is 0 Å². The standard InChI is InChI=1S/C12H16O2/c1-6-4-9(13)10-7-2-3-8(5-7)11(10)12(6)14/h2-4,7-14H,5H2,1H3/t7-,8+,9+,10+,11+,12+/m1/s1. The van der Waals surface area contributed by atoms with Gasteiger partial charge in [0.25, 0.3) is 0 Å². The van der Waals surface area contributed by atoms with Crippen LogP contribution < -0.4 is 0 Å². The molecule has 0 heterocycles. The van der Waals surface area contributed by atoms with Gasteiger partial charge in [-0.15, -0.1) is 0 Å². The van der Waals surface area contributed by atoms with Crippen molar-refractivity contribution in [3.05, 3.63) is 23.8 Å². The molecule has 0 saturated heterocycles. The lowest BCUT2D eigenvalue weighted by Crippen LogP contribution is -2.41. The van der Waals surface area contributed by atoms with Gasteiger partial charge in [0.1, 0.15) is 0 Å². The van der Waals surface area contributed by atoms with Gasteiger partial charge in [0.2, 0.25) is 0 Å². The molecule has 76 valence electrons. The van der Waals surface area contributed by atoms with E-state index >= 15 is 0 Å². The smallest absolute Gasteiger partial charge is 0.0786 e. The van der Waals surface area contributed by atoms with E-state index in [0.717, 1.165) is 12.0 Å². The molecule has 0 spiro atoms. The number of allylic oxidation sites excluding steroid dienone is 2. The lowest BCUT2D eigenvalue weighted by molar-refractivity contribution is 0.0205. The Morgan fingerprint density at radius 1 is 1.14 bits per heavy atom. The fraction of sp³-hybridized carbons (Fsp3) is 0.667. The topological polar surface area (TPSA) is 40.5 Å². The third-order valence-electron chi connectivity index (χ3n) is 4.24. The monoisotopic (exact) mass is 192 g/mol. The molecular weight excluding hydrogens is 176 g/mol. The molecule has 14 heavy (non-hydrogen) atoms. The first kappa shape index (κ1) is 8.69. The highest BCUT2D eigenvalue weighted by Crippen LogP contribution is 2.53. The van der Waals surface area contributed by atoms with Gasteiger partial charge in [0.05, 0.1) is 12.2 Å². The van der Waals surface area contributed by atoms with E-state index < -0.39 is 0 Å². The summed E-state index contributed by atoms with van der Waals surface area (Å²) in [5.41, 5.74) is 0.944. The Kier molecular flexibility index (Phi) is 1.68. The molecule has 2 bridgehead atoms. The van der Waals surface area contributed by atoms with Crippen molar-refractivity contribution in [3.8, 4) is 0 Å². The highest BCUT2D eigenvalue weighted by atomic mass is 16.3. The van der Waals surface area contributed by atoms with Crippen LogP contribution in [0, 0.1) is 23.7 Å². The predicted octanol–water partition coefficient (Wildman–Crippen LogP) is 1.11. The summed E-state index contributed by atoms with van der Waals surface area (Å²) in [5.74, 6) is 1.53. The summed E-state index contributed by atoms with van der Waals surface area (Å²) in [5, 5.41) is 20.0. The maximum atomic E-state index is 10.1. The summed E-state index contributed by atoms with van der Waals surface area (Å²) in [6.07, 6.45) is 6.73. The number of aliphatic hydroxyl groups is 2. The quantitative estimate of drug-likeness (QED) is 0.564. The normalized spacial score (nSPS) is 54.6. The van der Waals surface area contributed by atoms with Gasteiger partial charge in [0.15, 0.2) is 0 Å². The minimum absolute atomic E-state index is 0.267. The van der Waals surface area contributed by atoms with Gasteiger partial charge in [0, 0.05) is 11.8 Å². The van der Waals surface area contributed by atoms with Gasteiger partial charge in [-0.05, 0) is 30.8 Å². The van der Waals surface area contributed by atoms with Crippen LogP contribution in [0.25, 0.3) is 0 Å². The van der Waals surface area contributed by atoms with Crippen molar-refractivity contribution in [1.82, 2.24) is 0 Å². The maximum Gasteiger partial charge on any atom is 0.0786 e. The molecule has 2 N–H and O–H groups in total. The second kappa shape index (κ2) is 2.71. The van der Waals surface area contributed by atoms with Gasteiger partial charge < -0.3 is 10.2 Å². The van der Waals surface area contributed by atoms with E-state index in [2.05, 4.69) is 12.2 Å². The second-order valence-electron chi connectivity index (χ2n) is 4.95. The van der Waals surface area contributed by atoms with Gasteiger partial charge >= 0.3 is 0 Å². The molecule has 0 unspecified atom stereocenters. The van der Waals surface area contributed by atoms with E-state index in [1.165, 1.54) is 0 Å². The Bertz CT molecular complexity index is 318. The Morgan fingerprint density at radius 2 is 1.79 bits per heavy atom. The van der Waals surface area contributed by atoms with E-state index in [0.29, 0.717) is 11.8 Å². The number of rotatable bonds is 0. The molecule has 3 rings (SSSR count). The summed E-state index contributed by atoms with van der Waals surface area (Å²) < 4.78 is 0. The first-order valence-electron chi connectivity index (χ1n) is 5.41. The lowest BCUT2D eigenvalue weighted by Gasteiger charge is -2.38. The van der Waals surface area contributed by atoms with Crippen molar-refractivity contribution in [2.24, 2.45) is 23.7 Å². The SMILES string of the molecule is CC1=C[C@H](O)[C@H]2[C@H]([C@H]3C=C[C@@H]2C3)[C@H]1O. The first-order valence-corrected chi connectivity index (χ1v) is 5.41. The van der Waals surface area contributed by atoms with Crippen molar-refractivity contribution in [1.29, 1.82) is 0 Å². The summed E-state index contributed by atoms with van der Waals surface area (Å²) in [6, 6.07) is 0.